The van der Waals surface area contributed by atoms with E-state index in [0.717, 1.165) is 49.4 Å². The number of thiophene rings is 1. The van der Waals surface area contributed by atoms with Gasteiger partial charge in [0.15, 0.2) is 0 Å². The molecular formula is C23H29NO2S. The molecule has 0 saturated carbocycles. The monoisotopic (exact) mass is 383 g/mol. The molecule has 144 valence electrons. The second-order valence-electron chi connectivity index (χ2n) is 7.31. The van der Waals surface area contributed by atoms with E-state index < -0.39 is 0 Å². The van der Waals surface area contributed by atoms with Crippen molar-refractivity contribution in [2.75, 3.05) is 26.7 Å². The van der Waals surface area contributed by atoms with Crippen LogP contribution in [0.15, 0.2) is 58.3 Å². The van der Waals surface area contributed by atoms with Crippen LogP contribution in [0.5, 0.6) is 0 Å². The summed E-state index contributed by atoms with van der Waals surface area (Å²) >= 11 is 1.82. The molecule has 0 fully saturated rings. The predicted octanol–water partition coefficient (Wildman–Crippen LogP) is 5.03. The highest BCUT2D eigenvalue weighted by Crippen LogP contribution is 2.25. The number of benzene rings is 1. The number of furan rings is 1. The minimum absolute atomic E-state index is 0.209. The van der Waals surface area contributed by atoms with Crippen molar-refractivity contribution < 1.29 is 9.52 Å². The first-order valence-electron chi connectivity index (χ1n) is 9.61. The average molecular weight is 384 g/mol. The number of nitrogens with zero attached hydrogens (tertiary/aromatic N) is 1. The van der Waals surface area contributed by atoms with Crippen molar-refractivity contribution in [3.8, 4) is 11.3 Å². The Morgan fingerprint density at radius 1 is 1.11 bits per heavy atom. The lowest BCUT2D eigenvalue weighted by molar-refractivity contribution is 0.198. The summed E-state index contributed by atoms with van der Waals surface area (Å²) in [6.45, 7) is 4.02. The van der Waals surface area contributed by atoms with Gasteiger partial charge in [-0.3, -0.25) is 0 Å². The van der Waals surface area contributed by atoms with E-state index in [-0.39, 0.29) is 6.61 Å². The highest BCUT2D eigenvalue weighted by atomic mass is 32.1. The van der Waals surface area contributed by atoms with Crippen molar-refractivity contribution in [3.63, 3.8) is 0 Å². The van der Waals surface area contributed by atoms with Crippen molar-refractivity contribution in [2.45, 2.75) is 26.2 Å². The van der Waals surface area contributed by atoms with Gasteiger partial charge in [0.2, 0.25) is 0 Å². The van der Waals surface area contributed by atoms with Crippen LogP contribution in [-0.4, -0.2) is 36.8 Å². The molecule has 1 N–H and O–H groups in total. The third-order valence-electron chi connectivity index (χ3n) is 4.92. The number of hydrogen-bond acceptors (Lipinski definition) is 4. The van der Waals surface area contributed by atoms with Gasteiger partial charge in [0.05, 0.1) is 6.61 Å². The molecule has 0 aliphatic rings. The summed E-state index contributed by atoms with van der Waals surface area (Å²) in [7, 11) is 2.08. The van der Waals surface area contributed by atoms with Crippen LogP contribution in [0.2, 0.25) is 0 Å². The lowest BCUT2D eigenvalue weighted by Gasteiger charge is -2.23. The van der Waals surface area contributed by atoms with Crippen molar-refractivity contribution >= 4 is 11.3 Å². The number of aliphatic hydroxyl groups excluding tert-OH is 1. The molecule has 1 aromatic carbocycles. The molecular weight excluding hydrogens is 354 g/mol. The molecule has 0 bridgehead atoms. The molecule has 0 saturated heterocycles. The van der Waals surface area contributed by atoms with Gasteiger partial charge >= 0.3 is 0 Å². The van der Waals surface area contributed by atoms with Crippen LogP contribution in [0.3, 0.4) is 0 Å². The van der Waals surface area contributed by atoms with Crippen LogP contribution < -0.4 is 0 Å². The average Bonchev–Trinajstić information content (AvgIpc) is 3.32. The lowest BCUT2D eigenvalue weighted by Crippen LogP contribution is -2.29. The van der Waals surface area contributed by atoms with Gasteiger partial charge in [-0.25, -0.2) is 0 Å². The standard InChI is InChI=1S/C23H29NO2S/c1-18-5-8-20(9-6-18)23-12-11-21(26-23)10-7-19(17-24(2)13-14-25)16-22-4-3-15-27-22/h3-6,8-9,11-12,15,19,25H,7,10,13-14,16-17H2,1-2H3. The number of likely N-dealkylation sites (N-methyl/N-ethyl adjacent to an activating group) is 1. The molecule has 0 aliphatic carbocycles. The molecule has 2 aromatic heterocycles. The van der Waals surface area contributed by atoms with E-state index in [1.54, 1.807) is 0 Å². The third-order valence-corrected chi connectivity index (χ3v) is 5.82. The summed E-state index contributed by atoms with van der Waals surface area (Å²) in [6.07, 6.45) is 3.10. The summed E-state index contributed by atoms with van der Waals surface area (Å²) in [5.41, 5.74) is 2.39. The van der Waals surface area contributed by atoms with Crippen LogP contribution in [0, 0.1) is 12.8 Å². The maximum Gasteiger partial charge on any atom is 0.134 e. The molecule has 27 heavy (non-hydrogen) atoms. The topological polar surface area (TPSA) is 36.6 Å². The van der Waals surface area contributed by atoms with Gasteiger partial charge in [-0.2, -0.15) is 0 Å². The molecule has 3 aromatic rings. The van der Waals surface area contributed by atoms with Crippen LogP contribution in [0.25, 0.3) is 11.3 Å². The first kappa shape index (κ1) is 19.9. The van der Waals surface area contributed by atoms with Crippen LogP contribution in [0.1, 0.15) is 22.6 Å². The zero-order valence-electron chi connectivity index (χ0n) is 16.2. The molecule has 0 spiro atoms. The van der Waals surface area contributed by atoms with E-state index in [0.29, 0.717) is 5.92 Å². The van der Waals surface area contributed by atoms with Gasteiger partial charge in [0, 0.05) is 30.0 Å². The lowest BCUT2D eigenvalue weighted by atomic mass is 9.97. The molecule has 1 unspecified atom stereocenters. The smallest absolute Gasteiger partial charge is 0.134 e. The van der Waals surface area contributed by atoms with E-state index in [9.17, 15) is 5.11 Å². The SMILES string of the molecule is Cc1ccc(-c2ccc(CCC(Cc3cccs3)CN(C)CCO)o2)cc1. The van der Waals surface area contributed by atoms with Gasteiger partial charge < -0.3 is 14.4 Å². The first-order chi connectivity index (χ1) is 13.1. The number of aliphatic hydroxyl groups is 1. The van der Waals surface area contributed by atoms with Gasteiger partial charge in [-0.05, 0) is 56.3 Å². The van der Waals surface area contributed by atoms with E-state index in [4.69, 9.17) is 4.42 Å². The predicted molar refractivity (Wildman–Crippen MR) is 113 cm³/mol. The van der Waals surface area contributed by atoms with Gasteiger partial charge in [0.1, 0.15) is 11.5 Å². The van der Waals surface area contributed by atoms with Crippen molar-refractivity contribution in [1.82, 2.24) is 4.90 Å². The Kier molecular flexibility index (Phi) is 7.27. The summed E-state index contributed by atoms with van der Waals surface area (Å²) in [5, 5.41) is 11.3. The molecule has 0 amide bonds. The quantitative estimate of drug-likeness (QED) is 0.533. The maximum atomic E-state index is 9.19. The van der Waals surface area contributed by atoms with Crippen molar-refractivity contribution in [3.05, 3.63) is 70.1 Å². The van der Waals surface area contributed by atoms with E-state index in [1.807, 2.05) is 11.3 Å². The van der Waals surface area contributed by atoms with Crippen LogP contribution >= 0.6 is 11.3 Å². The molecule has 3 nitrogen and oxygen atoms in total. The number of aryl methyl sites for hydroxylation is 2. The van der Waals surface area contributed by atoms with Crippen molar-refractivity contribution in [1.29, 1.82) is 0 Å². The summed E-state index contributed by atoms with van der Waals surface area (Å²) < 4.78 is 6.10. The Morgan fingerprint density at radius 3 is 2.63 bits per heavy atom. The Morgan fingerprint density at radius 2 is 1.93 bits per heavy atom. The summed E-state index contributed by atoms with van der Waals surface area (Å²) in [6, 6.07) is 17.0. The van der Waals surface area contributed by atoms with E-state index in [2.05, 4.69) is 72.8 Å². The normalized spacial score (nSPS) is 12.6. The fourth-order valence-corrected chi connectivity index (χ4v) is 4.23. The second kappa shape index (κ2) is 9.88. The maximum absolute atomic E-state index is 9.19. The largest absolute Gasteiger partial charge is 0.461 e. The van der Waals surface area contributed by atoms with Gasteiger partial charge in [-0.15, -0.1) is 11.3 Å². The summed E-state index contributed by atoms with van der Waals surface area (Å²) in [4.78, 5) is 3.65. The van der Waals surface area contributed by atoms with E-state index in [1.165, 1.54) is 10.4 Å². The number of rotatable bonds is 10. The first-order valence-corrected chi connectivity index (χ1v) is 10.5. The Balaban J connectivity index is 1.61. The summed E-state index contributed by atoms with van der Waals surface area (Å²) in [5.74, 6) is 2.54. The van der Waals surface area contributed by atoms with Gasteiger partial charge in [-0.1, -0.05) is 35.9 Å². The molecule has 1 atom stereocenters. The molecule has 0 radical (unpaired) electrons. The Bertz CT molecular complexity index is 792. The second-order valence-corrected chi connectivity index (χ2v) is 8.34. The fraction of sp³-hybridized carbons (Fsp3) is 0.391. The zero-order valence-corrected chi connectivity index (χ0v) is 17.0. The van der Waals surface area contributed by atoms with Crippen LogP contribution in [-0.2, 0) is 12.8 Å². The molecule has 3 rings (SSSR count). The Hall–Kier alpha value is -1.88. The zero-order chi connectivity index (χ0) is 19.1. The van der Waals surface area contributed by atoms with Crippen molar-refractivity contribution in [2.24, 2.45) is 5.92 Å². The molecule has 0 aliphatic heterocycles. The fourth-order valence-electron chi connectivity index (χ4n) is 3.41. The third kappa shape index (κ3) is 6.06. The van der Waals surface area contributed by atoms with Crippen LogP contribution in [0.4, 0.5) is 0 Å². The highest BCUT2D eigenvalue weighted by molar-refractivity contribution is 7.09. The minimum atomic E-state index is 0.209. The number of hydrogen-bond donors (Lipinski definition) is 1. The Labute approximate surface area is 166 Å². The van der Waals surface area contributed by atoms with Gasteiger partial charge in [0.25, 0.3) is 0 Å². The van der Waals surface area contributed by atoms with E-state index >= 15 is 0 Å². The minimum Gasteiger partial charge on any atom is -0.461 e. The molecule has 4 heteroatoms. The highest BCUT2D eigenvalue weighted by Gasteiger charge is 2.15. The molecule has 2 heterocycles.